The molecule has 32 heavy (non-hydrogen) atoms. The zero-order valence-electron chi connectivity index (χ0n) is 19.1. The molecule has 3 heterocycles. The molecule has 172 valence electrons. The molecule has 0 radical (unpaired) electrons. The summed E-state index contributed by atoms with van der Waals surface area (Å²) < 4.78 is 5.20. The number of benzene rings is 1. The summed E-state index contributed by atoms with van der Waals surface area (Å²) >= 11 is 0. The van der Waals surface area contributed by atoms with Crippen molar-refractivity contribution >= 4 is 35.9 Å². The molecule has 4 rings (SSSR count). The molecule has 0 N–H and O–H groups in total. The molecular weight excluding hydrogens is 428 g/mol. The van der Waals surface area contributed by atoms with Crippen LogP contribution in [0, 0.1) is 20.8 Å². The third kappa shape index (κ3) is 4.53. The highest BCUT2D eigenvalue weighted by molar-refractivity contribution is 5.97. The van der Waals surface area contributed by atoms with E-state index in [0.29, 0.717) is 25.3 Å². The highest BCUT2D eigenvalue weighted by atomic mass is 35.5. The second-order valence-corrected chi connectivity index (χ2v) is 8.44. The number of aryl methyl sites for hydroxylation is 3. The average molecular weight is 459 g/mol. The number of amides is 2. The third-order valence-electron chi connectivity index (χ3n) is 6.20. The van der Waals surface area contributed by atoms with E-state index < -0.39 is 0 Å². The topological polar surface area (TPSA) is 66.0 Å². The largest absolute Gasteiger partial charge is 0.447 e. The Morgan fingerprint density at radius 2 is 1.81 bits per heavy atom. The van der Waals surface area contributed by atoms with Crippen LogP contribution in [0.1, 0.15) is 40.4 Å². The third-order valence-corrected chi connectivity index (χ3v) is 6.20. The van der Waals surface area contributed by atoms with Crippen molar-refractivity contribution in [2.75, 3.05) is 42.6 Å². The van der Waals surface area contributed by atoms with Gasteiger partial charge in [-0.2, -0.15) is 0 Å². The fraction of sp³-hybridized carbons (Fsp3) is 0.458. The van der Waals surface area contributed by atoms with Gasteiger partial charge < -0.3 is 14.5 Å². The molecule has 1 aromatic carbocycles. The van der Waals surface area contributed by atoms with Gasteiger partial charge in [0.1, 0.15) is 12.4 Å². The van der Waals surface area contributed by atoms with Crippen molar-refractivity contribution in [2.24, 2.45) is 0 Å². The number of halogens is 1. The van der Waals surface area contributed by atoms with E-state index in [2.05, 4.69) is 22.9 Å². The Kier molecular flexibility index (Phi) is 7.29. The number of hydrogen-bond acceptors (Lipinski definition) is 5. The highest BCUT2D eigenvalue weighted by Crippen LogP contribution is 2.28. The lowest BCUT2D eigenvalue weighted by atomic mass is 10.0. The van der Waals surface area contributed by atoms with Gasteiger partial charge in [-0.1, -0.05) is 13.0 Å². The Morgan fingerprint density at radius 1 is 1.09 bits per heavy atom. The minimum atomic E-state index is -0.318. The van der Waals surface area contributed by atoms with Crippen molar-refractivity contribution in [1.29, 1.82) is 0 Å². The molecule has 1 atom stereocenters. The van der Waals surface area contributed by atoms with Crippen LogP contribution in [-0.2, 0) is 4.74 Å². The SMILES string of the molecule is CCC1COC(=O)N1c1ccc(C(=O)N2CCN(c3ncc(C)cc3C)CC2)c(C)c1.Cl. The maximum Gasteiger partial charge on any atom is 0.414 e. The van der Waals surface area contributed by atoms with E-state index in [1.165, 1.54) is 0 Å². The first-order valence-electron chi connectivity index (χ1n) is 10.9. The molecule has 2 aliphatic heterocycles. The van der Waals surface area contributed by atoms with Crippen LogP contribution in [0.3, 0.4) is 0 Å². The number of anilines is 2. The number of nitrogens with zero attached hydrogens (tertiary/aromatic N) is 4. The molecule has 2 fully saturated rings. The first-order valence-corrected chi connectivity index (χ1v) is 10.9. The van der Waals surface area contributed by atoms with Crippen molar-refractivity contribution in [3.63, 3.8) is 0 Å². The van der Waals surface area contributed by atoms with E-state index in [0.717, 1.165) is 47.7 Å². The summed E-state index contributed by atoms with van der Waals surface area (Å²) in [6.45, 7) is 11.3. The molecule has 1 aromatic heterocycles. The normalized spacial score (nSPS) is 18.4. The van der Waals surface area contributed by atoms with Crippen LogP contribution in [0.15, 0.2) is 30.5 Å². The van der Waals surface area contributed by atoms with E-state index in [1.807, 2.05) is 50.1 Å². The Hall–Kier alpha value is -2.80. The van der Waals surface area contributed by atoms with Crippen LogP contribution in [0.2, 0.25) is 0 Å². The first kappa shape index (κ1) is 23.9. The van der Waals surface area contributed by atoms with Crippen LogP contribution < -0.4 is 9.80 Å². The second-order valence-electron chi connectivity index (χ2n) is 8.44. The molecule has 2 aliphatic rings. The lowest BCUT2D eigenvalue weighted by Crippen LogP contribution is -2.49. The number of hydrogen-bond donors (Lipinski definition) is 0. The number of ether oxygens (including phenoxy) is 1. The predicted molar refractivity (Wildman–Crippen MR) is 128 cm³/mol. The molecule has 1 unspecified atom stereocenters. The van der Waals surface area contributed by atoms with Crippen molar-refractivity contribution in [1.82, 2.24) is 9.88 Å². The lowest BCUT2D eigenvalue weighted by molar-refractivity contribution is 0.0746. The number of cyclic esters (lactones) is 1. The highest BCUT2D eigenvalue weighted by Gasteiger charge is 2.33. The number of rotatable bonds is 4. The van der Waals surface area contributed by atoms with Crippen molar-refractivity contribution in [3.05, 3.63) is 52.7 Å². The lowest BCUT2D eigenvalue weighted by Gasteiger charge is -2.36. The van der Waals surface area contributed by atoms with Gasteiger partial charge in [-0.25, -0.2) is 9.78 Å². The molecule has 2 amide bonds. The van der Waals surface area contributed by atoms with Crippen molar-refractivity contribution < 1.29 is 14.3 Å². The number of pyridine rings is 1. The quantitative estimate of drug-likeness (QED) is 0.689. The molecule has 0 aliphatic carbocycles. The van der Waals surface area contributed by atoms with E-state index >= 15 is 0 Å². The van der Waals surface area contributed by atoms with Crippen molar-refractivity contribution in [3.8, 4) is 0 Å². The van der Waals surface area contributed by atoms with E-state index in [1.54, 1.807) is 4.90 Å². The van der Waals surface area contributed by atoms with E-state index in [9.17, 15) is 9.59 Å². The summed E-state index contributed by atoms with van der Waals surface area (Å²) in [6, 6.07) is 7.79. The van der Waals surface area contributed by atoms with Crippen LogP contribution in [0.4, 0.5) is 16.3 Å². The Balaban J connectivity index is 0.00000289. The van der Waals surface area contributed by atoms with Crippen LogP contribution in [0.25, 0.3) is 0 Å². The summed E-state index contributed by atoms with van der Waals surface area (Å²) in [5.41, 5.74) is 4.66. The Morgan fingerprint density at radius 3 is 2.44 bits per heavy atom. The van der Waals surface area contributed by atoms with Gasteiger partial charge in [-0.3, -0.25) is 9.69 Å². The predicted octanol–water partition coefficient (Wildman–Crippen LogP) is 4.13. The van der Waals surface area contributed by atoms with Gasteiger partial charge in [-0.15, -0.1) is 12.4 Å². The molecule has 8 heteroatoms. The molecule has 2 saturated heterocycles. The van der Waals surface area contributed by atoms with E-state index in [-0.39, 0.29) is 30.4 Å². The summed E-state index contributed by atoms with van der Waals surface area (Å²) in [5.74, 6) is 1.04. The summed E-state index contributed by atoms with van der Waals surface area (Å²) in [7, 11) is 0. The molecular formula is C24H31ClN4O3. The smallest absolute Gasteiger partial charge is 0.414 e. The molecule has 0 bridgehead atoms. The number of aromatic nitrogens is 1. The van der Waals surface area contributed by atoms with Gasteiger partial charge in [0.25, 0.3) is 5.91 Å². The second kappa shape index (κ2) is 9.77. The first-order chi connectivity index (χ1) is 14.9. The van der Waals surface area contributed by atoms with E-state index in [4.69, 9.17) is 4.74 Å². The molecule has 0 spiro atoms. The molecule has 0 saturated carbocycles. The monoisotopic (exact) mass is 458 g/mol. The minimum absolute atomic E-state index is 0. The van der Waals surface area contributed by atoms with Crippen LogP contribution in [0.5, 0.6) is 0 Å². The van der Waals surface area contributed by atoms with Crippen LogP contribution in [-0.4, -0.2) is 60.7 Å². The Bertz CT molecular complexity index is 1000. The maximum absolute atomic E-state index is 13.2. The zero-order valence-corrected chi connectivity index (χ0v) is 19.9. The maximum atomic E-state index is 13.2. The number of carbonyl (C=O) groups excluding carboxylic acids is 2. The fourth-order valence-electron chi connectivity index (χ4n) is 4.45. The number of carbonyl (C=O) groups is 2. The van der Waals surface area contributed by atoms with Gasteiger partial charge in [0.15, 0.2) is 0 Å². The zero-order chi connectivity index (χ0) is 22.1. The summed E-state index contributed by atoms with van der Waals surface area (Å²) in [5, 5.41) is 0. The molecule has 2 aromatic rings. The van der Waals surface area contributed by atoms with Crippen molar-refractivity contribution in [2.45, 2.75) is 40.2 Å². The van der Waals surface area contributed by atoms with Gasteiger partial charge in [0.05, 0.1) is 6.04 Å². The summed E-state index contributed by atoms with van der Waals surface area (Å²) in [4.78, 5) is 35.7. The molecule has 7 nitrogen and oxygen atoms in total. The fourth-order valence-corrected chi connectivity index (χ4v) is 4.45. The summed E-state index contributed by atoms with van der Waals surface area (Å²) in [6.07, 6.45) is 2.40. The number of piperazine rings is 1. The van der Waals surface area contributed by atoms with Crippen LogP contribution >= 0.6 is 12.4 Å². The average Bonchev–Trinajstić information content (AvgIpc) is 3.14. The van der Waals surface area contributed by atoms with Gasteiger partial charge >= 0.3 is 6.09 Å². The Labute approximate surface area is 195 Å². The minimum Gasteiger partial charge on any atom is -0.447 e. The standard InChI is InChI=1S/C24H30N4O3.ClH/c1-5-19-15-31-24(30)28(19)20-6-7-21(17(3)13-20)23(29)27-10-8-26(9-11-27)22-18(4)12-16(2)14-25-22;/h6-7,12-14,19H,5,8-11,15H2,1-4H3;1H. The van der Waals surface area contributed by atoms with Gasteiger partial charge in [0.2, 0.25) is 0 Å². The van der Waals surface area contributed by atoms with Gasteiger partial charge in [-0.05, 0) is 62.1 Å². The van der Waals surface area contributed by atoms with Gasteiger partial charge in [0, 0.05) is 43.6 Å².